The van der Waals surface area contributed by atoms with Gasteiger partial charge in [0.2, 0.25) is 5.91 Å². The third-order valence-electron chi connectivity index (χ3n) is 7.91. The topological polar surface area (TPSA) is 93.0 Å². The Bertz CT molecular complexity index is 1430. The highest BCUT2D eigenvalue weighted by molar-refractivity contribution is 6.23. The minimum atomic E-state index is -1.36. The van der Waals surface area contributed by atoms with E-state index in [1.54, 1.807) is 43.0 Å². The van der Waals surface area contributed by atoms with Crippen molar-refractivity contribution in [2.45, 2.75) is 65.6 Å². The molecule has 8 heteroatoms. The van der Waals surface area contributed by atoms with Crippen LogP contribution in [0.1, 0.15) is 77.4 Å². The van der Waals surface area contributed by atoms with Crippen molar-refractivity contribution < 1.29 is 24.3 Å². The largest absolute Gasteiger partial charge is 0.355 e. The zero-order chi connectivity index (χ0) is 30.3. The zero-order valence-corrected chi connectivity index (χ0v) is 25.0. The zero-order valence-electron chi connectivity index (χ0n) is 25.0. The standard InChI is InChI=1S/C34H40N4O4/c1-5-36(23-28-17-13-14-25(2)22-28)33(41)34(4,38-31(39)29-18-9-10-19-30(29)32(38)40)20-11-12-21-35-26(3)37(42)24-27-15-7-6-8-16-27/h6-10,13-19,22,42H,5,11-12,20-21,23-24H2,1-4H3/p+1. The van der Waals surface area contributed by atoms with Crippen molar-refractivity contribution >= 4 is 23.6 Å². The molecule has 1 unspecified atom stereocenters. The first-order valence-corrected chi connectivity index (χ1v) is 14.6. The van der Waals surface area contributed by atoms with Gasteiger partial charge < -0.3 is 10.1 Å². The molecule has 3 aromatic carbocycles. The third-order valence-corrected chi connectivity index (χ3v) is 7.91. The third kappa shape index (κ3) is 6.70. The Morgan fingerprint density at radius 3 is 2.17 bits per heavy atom. The number of unbranched alkanes of at least 4 members (excludes halogenated alkanes) is 1. The van der Waals surface area contributed by atoms with Gasteiger partial charge in [0, 0.05) is 20.0 Å². The SMILES string of the molecule is CCN(Cc1cccc(C)c1)C(=O)C(C)(CCCCNC(C)=[N+](O)Cc1ccccc1)N1C(=O)c2ccccc2C1=O. The Morgan fingerprint density at radius 1 is 0.929 bits per heavy atom. The number of aryl methyl sites for hydroxylation is 1. The summed E-state index contributed by atoms with van der Waals surface area (Å²) in [5.74, 6) is -0.496. The van der Waals surface area contributed by atoms with Gasteiger partial charge >= 0.3 is 0 Å². The summed E-state index contributed by atoms with van der Waals surface area (Å²) in [6.45, 7) is 9.19. The highest BCUT2D eigenvalue weighted by atomic mass is 16.5. The minimum absolute atomic E-state index is 0.249. The molecule has 3 aromatic rings. The second-order valence-electron chi connectivity index (χ2n) is 11.1. The number of carbonyl (C=O) groups is 3. The van der Waals surface area contributed by atoms with E-state index in [-0.39, 0.29) is 5.91 Å². The number of nitrogens with zero attached hydrogens (tertiary/aromatic N) is 3. The van der Waals surface area contributed by atoms with Crippen LogP contribution < -0.4 is 5.32 Å². The number of hydrogen-bond acceptors (Lipinski definition) is 4. The Labute approximate surface area is 248 Å². The molecule has 0 fully saturated rings. The van der Waals surface area contributed by atoms with Crippen LogP contribution >= 0.6 is 0 Å². The van der Waals surface area contributed by atoms with Gasteiger partial charge in [-0.25, -0.2) is 0 Å². The fraction of sp³-hybridized carbons (Fsp3) is 0.353. The van der Waals surface area contributed by atoms with Crippen LogP contribution in [0, 0.1) is 6.92 Å². The molecule has 42 heavy (non-hydrogen) atoms. The van der Waals surface area contributed by atoms with Gasteiger partial charge in [-0.3, -0.25) is 24.6 Å². The van der Waals surface area contributed by atoms with Crippen LogP contribution in [0.3, 0.4) is 0 Å². The van der Waals surface area contributed by atoms with Gasteiger partial charge in [0.05, 0.1) is 17.7 Å². The summed E-state index contributed by atoms with van der Waals surface area (Å²) in [5, 5.41) is 13.7. The fourth-order valence-electron chi connectivity index (χ4n) is 5.48. The fourth-order valence-corrected chi connectivity index (χ4v) is 5.48. The molecule has 8 nitrogen and oxygen atoms in total. The van der Waals surface area contributed by atoms with E-state index in [0.29, 0.717) is 62.4 Å². The van der Waals surface area contributed by atoms with Crippen molar-refractivity contribution in [3.63, 3.8) is 0 Å². The lowest BCUT2D eigenvalue weighted by Crippen LogP contribution is -2.59. The summed E-state index contributed by atoms with van der Waals surface area (Å²) in [6, 6.07) is 24.4. The van der Waals surface area contributed by atoms with Crippen LogP contribution in [-0.2, 0) is 17.9 Å². The van der Waals surface area contributed by atoms with Crippen LogP contribution in [-0.4, -0.2) is 61.9 Å². The average molecular weight is 570 g/mol. The van der Waals surface area contributed by atoms with Crippen molar-refractivity contribution in [3.8, 4) is 0 Å². The predicted molar refractivity (Wildman–Crippen MR) is 162 cm³/mol. The number of imide groups is 1. The molecule has 0 aliphatic carbocycles. The maximum absolute atomic E-state index is 14.3. The molecule has 1 aliphatic heterocycles. The molecule has 3 amide bonds. The number of carbonyl (C=O) groups excluding carboxylic acids is 3. The second-order valence-corrected chi connectivity index (χ2v) is 11.1. The van der Waals surface area contributed by atoms with Crippen molar-refractivity contribution in [1.82, 2.24) is 15.1 Å². The lowest BCUT2D eigenvalue weighted by atomic mass is 9.90. The highest BCUT2D eigenvalue weighted by Crippen LogP contribution is 2.34. The van der Waals surface area contributed by atoms with E-state index in [0.717, 1.165) is 16.7 Å². The maximum atomic E-state index is 14.3. The molecule has 0 bridgehead atoms. The first-order chi connectivity index (χ1) is 20.2. The van der Waals surface area contributed by atoms with Gasteiger partial charge in [0.25, 0.3) is 17.6 Å². The Morgan fingerprint density at radius 2 is 1.55 bits per heavy atom. The van der Waals surface area contributed by atoms with Gasteiger partial charge in [-0.15, -0.1) is 0 Å². The lowest BCUT2D eigenvalue weighted by Gasteiger charge is -2.39. The molecule has 1 heterocycles. The van der Waals surface area contributed by atoms with E-state index in [1.807, 2.05) is 68.4 Å². The molecule has 220 valence electrons. The van der Waals surface area contributed by atoms with Crippen molar-refractivity contribution in [2.75, 3.05) is 13.1 Å². The van der Waals surface area contributed by atoms with Crippen LogP contribution in [0.15, 0.2) is 78.9 Å². The van der Waals surface area contributed by atoms with Crippen LogP contribution in [0.2, 0.25) is 0 Å². The summed E-state index contributed by atoms with van der Waals surface area (Å²) in [4.78, 5) is 44.3. The Kier molecular flexibility index (Phi) is 9.78. The summed E-state index contributed by atoms with van der Waals surface area (Å²) in [6.07, 6.45) is 1.57. The molecule has 0 aromatic heterocycles. The predicted octanol–water partition coefficient (Wildman–Crippen LogP) is 5.18. The van der Waals surface area contributed by atoms with Gasteiger partial charge in [0.15, 0.2) is 6.54 Å². The number of nitrogens with one attached hydrogen (secondary N) is 1. The number of amidine groups is 1. The maximum Gasteiger partial charge on any atom is 0.281 e. The Balaban J connectivity index is 1.49. The van der Waals surface area contributed by atoms with Crippen molar-refractivity contribution in [1.29, 1.82) is 0 Å². The van der Waals surface area contributed by atoms with E-state index >= 15 is 0 Å². The van der Waals surface area contributed by atoms with E-state index < -0.39 is 17.4 Å². The summed E-state index contributed by atoms with van der Waals surface area (Å²) in [5.41, 5.74) is 2.39. The Hall–Kier alpha value is -4.46. The number of amides is 3. The van der Waals surface area contributed by atoms with E-state index in [2.05, 4.69) is 5.32 Å². The normalized spacial score (nSPS) is 14.7. The smallest absolute Gasteiger partial charge is 0.281 e. The van der Waals surface area contributed by atoms with Crippen LogP contribution in [0.4, 0.5) is 0 Å². The van der Waals surface area contributed by atoms with Gasteiger partial charge in [-0.1, -0.05) is 77.0 Å². The van der Waals surface area contributed by atoms with Gasteiger partial charge in [0.1, 0.15) is 5.54 Å². The first-order valence-electron chi connectivity index (χ1n) is 14.6. The second kappa shape index (κ2) is 13.5. The molecule has 2 N–H and O–H groups in total. The molecule has 1 aliphatic rings. The number of likely N-dealkylation sites (N-methyl/N-ethyl adjacent to an activating group) is 1. The summed E-state index contributed by atoms with van der Waals surface area (Å²) >= 11 is 0. The van der Waals surface area contributed by atoms with E-state index in [1.165, 1.54) is 9.64 Å². The summed E-state index contributed by atoms with van der Waals surface area (Å²) in [7, 11) is 0. The average Bonchev–Trinajstić information content (AvgIpc) is 3.25. The number of benzene rings is 3. The molecule has 0 spiro atoms. The van der Waals surface area contributed by atoms with Crippen LogP contribution in [0.5, 0.6) is 0 Å². The molecular formula is C34H41N4O4+. The molecular weight excluding hydrogens is 528 g/mol. The molecule has 0 saturated heterocycles. The highest BCUT2D eigenvalue weighted by Gasteiger charge is 2.51. The number of hydroxylamine groups is 1. The van der Waals surface area contributed by atoms with Crippen molar-refractivity contribution in [3.05, 3.63) is 107 Å². The molecule has 0 radical (unpaired) electrons. The number of hydrogen-bond donors (Lipinski definition) is 2. The molecule has 1 atom stereocenters. The monoisotopic (exact) mass is 569 g/mol. The van der Waals surface area contributed by atoms with Gasteiger partial charge in [-0.05, 0) is 63.3 Å². The first kappa shape index (κ1) is 30.5. The van der Waals surface area contributed by atoms with E-state index in [9.17, 15) is 19.6 Å². The summed E-state index contributed by atoms with van der Waals surface area (Å²) < 4.78 is 1.17. The minimum Gasteiger partial charge on any atom is -0.355 e. The quantitative estimate of drug-likeness (QED) is 0.0597. The van der Waals surface area contributed by atoms with Crippen LogP contribution in [0.25, 0.3) is 0 Å². The number of fused-ring (bicyclic) bond motifs is 1. The lowest BCUT2D eigenvalue weighted by molar-refractivity contribution is -0.788. The van der Waals surface area contributed by atoms with Crippen molar-refractivity contribution in [2.24, 2.45) is 0 Å². The molecule has 0 saturated carbocycles. The van der Waals surface area contributed by atoms with Gasteiger partial charge in [-0.2, -0.15) is 0 Å². The number of rotatable bonds is 12. The van der Waals surface area contributed by atoms with E-state index in [4.69, 9.17) is 0 Å². The molecule has 4 rings (SSSR count).